The van der Waals surface area contributed by atoms with E-state index in [-0.39, 0.29) is 23.4 Å². The van der Waals surface area contributed by atoms with Gasteiger partial charge in [-0.05, 0) is 60.0 Å². The Labute approximate surface area is 139 Å². The fraction of sp³-hybridized carbons (Fsp3) is 0.750. The molecule has 3 heteroatoms. The number of ether oxygens (including phenoxy) is 1. The quantitative estimate of drug-likeness (QED) is 0.786. The summed E-state index contributed by atoms with van der Waals surface area (Å²) in [4.78, 5) is 12.2. The van der Waals surface area contributed by atoms with E-state index in [1.54, 1.807) is 0 Å². The molecule has 5 atom stereocenters. The van der Waals surface area contributed by atoms with Gasteiger partial charge in [0.15, 0.2) is 0 Å². The summed E-state index contributed by atoms with van der Waals surface area (Å²) in [5, 5.41) is 10.6. The SMILES string of the molecule is COC(=O)C1CCCC2(C)C3CC(O)C(C(C)C)=CC3=CCC12. The lowest BCUT2D eigenvalue weighted by atomic mass is 9.50. The Kier molecular flexibility index (Phi) is 4.43. The number of aliphatic hydroxyl groups is 1. The molecular weight excluding hydrogens is 288 g/mol. The van der Waals surface area contributed by atoms with Crippen LogP contribution in [0.3, 0.4) is 0 Å². The van der Waals surface area contributed by atoms with E-state index < -0.39 is 0 Å². The van der Waals surface area contributed by atoms with E-state index >= 15 is 0 Å². The zero-order valence-corrected chi connectivity index (χ0v) is 14.8. The van der Waals surface area contributed by atoms with Crippen LogP contribution in [0.5, 0.6) is 0 Å². The standard InChI is InChI=1S/C20H30O3/c1-12(2)15-10-13-7-8-16-14(19(22)23-4)6-5-9-20(16,3)17(13)11-18(15)21/h7,10,12,14,16-18,21H,5-6,8-9,11H2,1-4H3. The van der Waals surface area contributed by atoms with Crippen LogP contribution in [-0.2, 0) is 9.53 Å². The van der Waals surface area contributed by atoms with Gasteiger partial charge >= 0.3 is 5.97 Å². The summed E-state index contributed by atoms with van der Waals surface area (Å²) in [5.41, 5.74) is 2.65. The topological polar surface area (TPSA) is 46.5 Å². The van der Waals surface area contributed by atoms with Crippen molar-refractivity contribution in [3.05, 3.63) is 23.3 Å². The normalized spacial score (nSPS) is 39.9. The molecule has 0 bridgehead atoms. The highest BCUT2D eigenvalue weighted by atomic mass is 16.5. The second-order valence-electron chi connectivity index (χ2n) is 8.18. The second-order valence-corrected chi connectivity index (χ2v) is 8.18. The van der Waals surface area contributed by atoms with Gasteiger partial charge in [0, 0.05) is 0 Å². The molecule has 3 rings (SSSR count). The van der Waals surface area contributed by atoms with E-state index in [0.29, 0.717) is 17.8 Å². The van der Waals surface area contributed by atoms with Crippen molar-refractivity contribution in [3.8, 4) is 0 Å². The Bertz CT molecular complexity index is 545. The molecule has 1 N–H and O–H groups in total. The van der Waals surface area contributed by atoms with Gasteiger partial charge in [-0.15, -0.1) is 0 Å². The molecule has 0 aromatic heterocycles. The molecule has 0 amide bonds. The van der Waals surface area contributed by atoms with Gasteiger partial charge in [-0.2, -0.15) is 0 Å². The maximum atomic E-state index is 12.2. The van der Waals surface area contributed by atoms with Crippen molar-refractivity contribution in [2.75, 3.05) is 7.11 Å². The van der Waals surface area contributed by atoms with Crippen molar-refractivity contribution < 1.29 is 14.6 Å². The predicted molar refractivity (Wildman–Crippen MR) is 90.7 cm³/mol. The highest BCUT2D eigenvalue weighted by Gasteiger charge is 2.52. The van der Waals surface area contributed by atoms with Crippen molar-refractivity contribution in [2.45, 2.75) is 59.0 Å². The molecule has 128 valence electrons. The van der Waals surface area contributed by atoms with Gasteiger partial charge < -0.3 is 9.84 Å². The Balaban J connectivity index is 1.96. The first kappa shape index (κ1) is 16.8. The van der Waals surface area contributed by atoms with Crippen molar-refractivity contribution in [3.63, 3.8) is 0 Å². The van der Waals surface area contributed by atoms with E-state index in [1.807, 2.05) is 0 Å². The van der Waals surface area contributed by atoms with Crippen LogP contribution in [0.15, 0.2) is 23.3 Å². The first-order valence-electron chi connectivity index (χ1n) is 9.06. The van der Waals surface area contributed by atoms with Crippen LogP contribution in [0, 0.1) is 29.1 Å². The number of carbonyl (C=O) groups is 1. The molecule has 0 radical (unpaired) electrons. The molecule has 23 heavy (non-hydrogen) atoms. The van der Waals surface area contributed by atoms with Crippen LogP contribution in [-0.4, -0.2) is 24.3 Å². The largest absolute Gasteiger partial charge is 0.469 e. The fourth-order valence-corrected chi connectivity index (χ4v) is 5.40. The van der Waals surface area contributed by atoms with Crippen LogP contribution in [0.4, 0.5) is 0 Å². The molecule has 0 aromatic carbocycles. The minimum absolute atomic E-state index is 0.0177. The zero-order valence-electron chi connectivity index (χ0n) is 14.8. The van der Waals surface area contributed by atoms with Gasteiger partial charge in [0.05, 0.1) is 19.1 Å². The number of hydrogen-bond donors (Lipinski definition) is 1. The fourth-order valence-electron chi connectivity index (χ4n) is 5.40. The average Bonchev–Trinajstić information content (AvgIpc) is 2.52. The molecule has 3 aliphatic carbocycles. The third-order valence-electron chi connectivity index (χ3n) is 6.72. The molecule has 0 aromatic rings. The molecule has 0 heterocycles. The van der Waals surface area contributed by atoms with Crippen LogP contribution in [0.25, 0.3) is 0 Å². The van der Waals surface area contributed by atoms with Crippen LogP contribution < -0.4 is 0 Å². The molecular formula is C20H30O3. The van der Waals surface area contributed by atoms with Crippen molar-refractivity contribution >= 4 is 5.97 Å². The molecule has 0 spiro atoms. The smallest absolute Gasteiger partial charge is 0.308 e. The molecule has 0 saturated heterocycles. The lowest BCUT2D eigenvalue weighted by Gasteiger charge is -2.54. The first-order chi connectivity index (χ1) is 10.9. The van der Waals surface area contributed by atoms with Crippen molar-refractivity contribution in [2.24, 2.45) is 29.1 Å². The summed E-state index contributed by atoms with van der Waals surface area (Å²) in [7, 11) is 1.50. The maximum Gasteiger partial charge on any atom is 0.308 e. The zero-order chi connectivity index (χ0) is 16.8. The first-order valence-corrected chi connectivity index (χ1v) is 9.06. The number of rotatable bonds is 2. The van der Waals surface area contributed by atoms with E-state index in [0.717, 1.165) is 37.7 Å². The van der Waals surface area contributed by atoms with Gasteiger partial charge in [0.2, 0.25) is 0 Å². The Morgan fingerprint density at radius 3 is 2.83 bits per heavy atom. The summed E-state index contributed by atoms with van der Waals surface area (Å²) < 4.78 is 5.07. The van der Waals surface area contributed by atoms with Gasteiger partial charge in [0.25, 0.3) is 0 Å². The predicted octanol–water partition coefficient (Wildman–Crippen LogP) is 3.88. The summed E-state index contributed by atoms with van der Waals surface area (Å²) in [6, 6.07) is 0. The van der Waals surface area contributed by atoms with Gasteiger partial charge in [-0.25, -0.2) is 0 Å². The van der Waals surface area contributed by atoms with E-state index in [4.69, 9.17) is 4.74 Å². The number of carbonyl (C=O) groups excluding carboxylic acids is 1. The highest BCUT2D eigenvalue weighted by molar-refractivity contribution is 5.73. The highest BCUT2D eigenvalue weighted by Crippen LogP contribution is 2.58. The Morgan fingerprint density at radius 2 is 2.17 bits per heavy atom. The molecule has 3 nitrogen and oxygen atoms in total. The Morgan fingerprint density at radius 1 is 1.43 bits per heavy atom. The van der Waals surface area contributed by atoms with Gasteiger partial charge in [-0.3, -0.25) is 4.79 Å². The third-order valence-corrected chi connectivity index (χ3v) is 6.72. The van der Waals surface area contributed by atoms with Gasteiger partial charge in [0.1, 0.15) is 0 Å². The lowest BCUT2D eigenvalue weighted by molar-refractivity contribution is -0.153. The van der Waals surface area contributed by atoms with Crippen LogP contribution in [0.2, 0.25) is 0 Å². The monoisotopic (exact) mass is 318 g/mol. The summed E-state index contributed by atoms with van der Waals surface area (Å²) in [6.07, 6.45) is 9.15. The molecule has 1 fully saturated rings. The van der Waals surface area contributed by atoms with Crippen molar-refractivity contribution in [1.82, 2.24) is 0 Å². The third kappa shape index (κ3) is 2.67. The number of hydrogen-bond acceptors (Lipinski definition) is 3. The second kappa shape index (κ2) is 6.08. The molecule has 1 saturated carbocycles. The van der Waals surface area contributed by atoms with Crippen LogP contribution >= 0.6 is 0 Å². The average molecular weight is 318 g/mol. The van der Waals surface area contributed by atoms with Crippen molar-refractivity contribution in [1.29, 1.82) is 0 Å². The summed E-state index contributed by atoms with van der Waals surface area (Å²) in [6.45, 7) is 6.64. The Hall–Kier alpha value is -1.09. The minimum atomic E-state index is -0.341. The van der Waals surface area contributed by atoms with E-state index in [9.17, 15) is 9.90 Å². The van der Waals surface area contributed by atoms with E-state index in [1.165, 1.54) is 12.7 Å². The van der Waals surface area contributed by atoms with E-state index in [2.05, 4.69) is 32.9 Å². The van der Waals surface area contributed by atoms with Crippen LogP contribution in [0.1, 0.15) is 52.9 Å². The maximum absolute atomic E-state index is 12.2. The van der Waals surface area contributed by atoms with Gasteiger partial charge in [-0.1, -0.05) is 39.3 Å². The molecule has 0 aliphatic heterocycles. The molecule has 5 unspecified atom stereocenters. The molecule has 3 aliphatic rings. The summed E-state index contributed by atoms with van der Waals surface area (Å²) >= 11 is 0. The number of aliphatic hydroxyl groups excluding tert-OH is 1. The minimum Gasteiger partial charge on any atom is -0.469 e. The number of fused-ring (bicyclic) bond motifs is 3. The number of esters is 1. The lowest BCUT2D eigenvalue weighted by Crippen LogP contribution is -2.49. The number of methoxy groups -OCH3 is 1. The number of allylic oxidation sites excluding steroid dienone is 3. The summed E-state index contributed by atoms with van der Waals surface area (Å²) in [5.74, 6) is 1.06.